The molecule has 0 atom stereocenters. The zero-order valence-corrected chi connectivity index (χ0v) is 17.6. The minimum Gasteiger partial charge on any atom is -0.407 e. The van der Waals surface area contributed by atoms with Crippen molar-refractivity contribution < 1.29 is 23.5 Å². The van der Waals surface area contributed by atoms with Gasteiger partial charge in [-0.3, -0.25) is 9.59 Å². The van der Waals surface area contributed by atoms with Gasteiger partial charge in [0.15, 0.2) is 0 Å². The van der Waals surface area contributed by atoms with Crippen LogP contribution in [-0.2, 0) is 20.7 Å². The van der Waals surface area contributed by atoms with E-state index >= 15 is 0 Å². The van der Waals surface area contributed by atoms with Crippen molar-refractivity contribution in [1.29, 1.82) is 0 Å². The van der Waals surface area contributed by atoms with Gasteiger partial charge >= 0.3 is 5.97 Å². The SMILES string of the molecule is CCCc1nn(-c2ccc(F)cc2)c(OC(C)=O)c1-c1ccc(NC(=O)COC)cc1. The van der Waals surface area contributed by atoms with E-state index in [1.165, 1.54) is 30.8 Å². The lowest BCUT2D eigenvalue weighted by molar-refractivity contribution is -0.132. The Morgan fingerprint density at radius 2 is 1.77 bits per heavy atom. The van der Waals surface area contributed by atoms with Crippen LogP contribution in [-0.4, -0.2) is 35.4 Å². The maximum Gasteiger partial charge on any atom is 0.309 e. The zero-order chi connectivity index (χ0) is 22.4. The van der Waals surface area contributed by atoms with Gasteiger partial charge in [-0.25, -0.2) is 4.39 Å². The number of carbonyl (C=O) groups excluding carboxylic acids is 2. The number of methoxy groups -OCH3 is 1. The van der Waals surface area contributed by atoms with Gasteiger partial charge in [-0.05, 0) is 48.4 Å². The van der Waals surface area contributed by atoms with Gasteiger partial charge in [0.05, 0.1) is 16.9 Å². The fourth-order valence-corrected chi connectivity index (χ4v) is 3.18. The molecule has 0 saturated carbocycles. The summed E-state index contributed by atoms with van der Waals surface area (Å²) in [6, 6.07) is 12.9. The Bertz CT molecular complexity index is 1060. The van der Waals surface area contributed by atoms with E-state index in [0.717, 1.165) is 17.7 Å². The maximum atomic E-state index is 13.4. The Balaban J connectivity index is 2.08. The Morgan fingerprint density at radius 3 is 2.35 bits per heavy atom. The van der Waals surface area contributed by atoms with Crippen molar-refractivity contribution in [3.05, 3.63) is 60.0 Å². The van der Waals surface area contributed by atoms with E-state index in [9.17, 15) is 14.0 Å². The van der Waals surface area contributed by atoms with Gasteiger partial charge in [0, 0.05) is 19.7 Å². The molecule has 1 aromatic heterocycles. The molecule has 7 nitrogen and oxygen atoms in total. The van der Waals surface area contributed by atoms with Crippen LogP contribution in [0.3, 0.4) is 0 Å². The molecule has 3 aromatic rings. The number of hydrogen-bond donors (Lipinski definition) is 1. The van der Waals surface area contributed by atoms with Gasteiger partial charge in [0.1, 0.15) is 12.4 Å². The van der Waals surface area contributed by atoms with Gasteiger partial charge in [-0.2, -0.15) is 9.78 Å². The Hall–Kier alpha value is -3.52. The second-order valence-electron chi connectivity index (χ2n) is 6.92. The van der Waals surface area contributed by atoms with Crippen molar-refractivity contribution >= 4 is 17.6 Å². The van der Waals surface area contributed by atoms with Gasteiger partial charge in [0.2, 0.25) is 11.8 Å². The summed E-state index contributed by atoms with van der Waals surface area (Å²) in [6.45, 7) is 3.31. The third kappa shape index (κ3) is 5.35. The van der Waals surface area contributed by atoms with Gasteiger partial charge in [0.25, 0.3) is 0 Å². The van der Waals surface area contributed by atoms with E-state index < -0.39 is 5.97 Å². The minimum atomic E-state index is -0.490. The predicted molar refractivity (Wildman–Crippen MR) is 115 cm³/mol. The number of esters is 1. The molecule has 0 spiro atoms. The summed E-state index contributed by atoms with van der Waals surface area (Å²) >= 11 is 0. The van der Waals surface area contributed by atoms with Crippen LogP contribution in [0, 0.1) is 5.82 Å². The Kier molecular flexibility index (Phi) is 7.15. The quantitative estimate of drug-likeness (QED) is 0.549. The topological polar surface area (TPSA) is 82.5 Å². The molecule has 0 radical (unpaired) electrons. The highest BCUT2D eigenvalue weighted by Crippen LogP contribution is 2.37. The zero-order valence-electron chi connectivity index (χ0n) is 17.6. The summed E-state index contributed by atoms with van der Waals surface area (Å²) in [5.74, 6) is -0.855. The van der Waals surface area contributed by atoms with Crippen LogP contribution >= 0.6 is 0 Å². The number of halogens is 1. The Labute approximate surface area is 179 Å². The van der Waals surface area contributed by atoms with Crippen LogP contribution < -0.4 is 10.1 Å². The highest BCUT2D eigenvalue weighted by molar-refractivity contribution is 5.92. The van der Waals surface area contributed by atoms with Crippen molar-refractivity contribution in [2.75, 3.05) is 19.0 Å². The number of rotatable bonds is 8. The standard InChI is InChI=1S/C23H24FN3O4/c1-4-5-20-22(16-6-10-18(11-7-16)25-21(29)14-30-3)23(31-15(2)28)27(26-20)19-12-8-17(24)9-13-19/h6-13H,4-5,14H2,1-3H3,(H,25,29). The molecule has 8 heteroatoms. The summed E-state index contributed by atoms with van der Waals surface area (Å²) in [5.41, 5.74) is 3.39. The monoisotopic (exact) mass is 425 g/mol. The number of benzene rings is 2. The third-order valence-electron chi connectivity index (χ3n) is 4.45. The van der Waals surface area contributed by atoms with E-state index in [1.54, 1.807) is 24.3 Å². The predicted octanol–water partition coefficient (Wildman–Crippen LogP) is 4.14. The summed E-state index contributed by atoms with van der Waals surface area (Å²) in [6.07, 6.45) is 1.49. The third-order valence-corrected chi connectivity index (χ3v) is 4.45. The molecular formula is C23H24FN3O4. The molecule has 2 aromatic carbocycles. The highest BCUT2D eigenvalue weighted by atomic mass is 19.1. The first-order chi connectivity index (χ1) is 14.9. The molecule has 1 N–H and O–H groups in total. The van der Waals surface area contributed by atoms with E-state index in [4.69, 9.17) is 9.47 Å². The highest BCUT2D eigenvalue weighted by Gasteiger charge is 2.23. The van der Waals surface area contributed by atoms with Crippen molar-refractivity contribution in [3.63, 3.8) is 0 Å². The number of amides is 1. The van der Waals surface area contributed by atoms with Crippen molar-refractivity contribution in [2.24, 2.45) is 0 Å². The van der Waals surface area contributed by atoms with Crippen LogP contribution in [0.4, 0.5) is 10.1 Å². The number of nitrogens with zero attached hydrogens (tertiary/aromatic N) is 2. The number of aromatic nitrogens is 2. The first-order valence-electron chi connectivity index (χ1n) is 9.88. The average Bonchev–Trinajstić information content (AvgIpc) is 3.07. The van der Waals surface area contributed by atoms with E-state index in [2.05, 4.69) is 10.4 Å². The molecule has 0 bridgehead atoms. The number of aryl methyl sites for hydroxylation is 1. The molecule has 0 aliphatic heterocycles. The fraction of sp³-hybridized carbons (Fsp3) is 0.261. The summed E-state index contributed by atoms with van der Waals surface area (Å²) in [4.78, 5) is 23.6. The van der Waals surface area contributed by atoms with Gasteiger partial charge < -0.3 is 14.8 Å². The summed E-state index contributed by atoms with van der Waals surface area (Å²) in [7, 11) is 1.45. The Morgan fingerprint density at radius 1 is 1.10 bits per heavy atom. The molecule has 1 amide bonds. The van der Waals surface area contributed by atoms with Crippen molar-refractivity contribution in [2.45, 2.75) is 26.7 Å². The van der Waals surface area contributed by atoms with Gasteiger partial charge in [-0.15, -0.1) is 0 Å². The lowest BCUT2D eigenvalue weighted by Gasteiger charge is -2.10. The minimum absolute atomic E-state index is 0.0383. The second kappa shape index (κ2) is 9.99. The van der Waals surface area contributed by atoms with Crippen LogP contribution in [0.2, 0.25) is 0 Å². The molecule has 162 valence electrons. The van der Waals surface area contributed by atoms with Crippen LogP contribution in [0.5, 0.6) is 5.88 Å². The fourth-order valence-electron chi connectivity index (χ4n) is 3.18. The summed E-state index contributed by atoms with van der Waals surface area (Å²) in [5, 5.41) is 7.39. The molecule has 0 aliphatic carbocycles. The smallest absolute Gasteiger partial charge is 0.309 e. The lowest BCUT2D eigenvalue weighted by atomic mass is 10.0. The molecule has 31 heavy (non-hydrogen) atoms. The number of hydrogen-bond acceptors (Lipinski definition) is 5. The van der Waals surface area contributed by atoms with Crippen molar-refractivity contribution in [3.8, 4) is 22.7 Å². The molecule has 0 unspecified atom stereocenters. The number of anilines is 1. The number of ether oxygens (including phenoxy) is 2. The normalized spacial score (nSPS) is 10.7. The molecule has 3 rings (SSSR count). The van der Waals surface area contributed by atoms with E-state index in [1.807, 2.05) is 19.1 Å². The van der Waals surface area contributed by atoms with Crippen LogP contribution in [0.15, 0.2) is 48.5 Å². The number of nitrogens with one attached hydrogen (secondary N) is 1. The van der Waals surface area contributed by atoms with E-state index in [0.29, 0.717) is 23.4 Å². The maximum absolute atomic E-state index is 13.4. The lowest BCUT2D eigenvalue weighted by Crippen LogP contribution is -2.16. The number of carbonyl (C=O) groups is 2. The van der Waals surface area contributed by atoms with Crippen molar-refractivity contribution in [1.82, 2.24) is 9.78 Å². The molecule has 0 aliphatic rings. The van der Waals surface area contributed by atoms with Gasteiger partial charge in [-0.1, -0.05) is 25.5 Å². The first kappa shape index (κ1) is 22.2. The largest absolute Gasteiger partial charge is 0.407 e. The molecule has 1 heterocycles. The molecule has 0 fully saturated rings. The first-order valence-corrected chi connectivity index (χ1v) is 9.88. The molecular weight excluding hydrogens is 401 g/mol. The summed E-state index contributed by atoms with van der Waals surface area (Å²) < 4.78 is 25.3. The average molecular weight is 425 g/mol. The van der Waals surface area contributed by atoms with E-state index in [-0.39, 0.29) is 24.2 Å². The van der Waals surface area contributed by atoms with Crippen LogP contribution in [0.1, 0.15) is 26.0 Å². The second-order valence-corrected chi connectivity index (χ2v) is 6.92. The van der Waals surface area contributed by atoms with Crippen LogP contribution in [0.25, 0.3) is 16.8 Å². The molecule has 0 saturated heterocycles.